The molecule has 0 aliphatic heterocycles. The SMILES string of the molecule is O=S(=O)(NN=Cc1cn[nH]c1-c1ccc(F)cc1)c1cc(Cl)ccc1Cl. The van der Waals surface area contributed by atoms with Crippen molar-refractivity contribution in [2.24, 2.45) is 5.10 Å². The number of hydrogen-bond donors (Lipinski definition) is 2. The van der Waals surface area contributed by atoms with Crippen LogP contribution in [0, 0.1) is 5.82 Å². The van der Waals surface area contributed by atoms with Crippen molar-refractivity contribution in [2.45, 2.75) is 4.90 Å². The van der Waals surface area contributed by atoms with Gasteiger partial charge in [-0.1, -0.05) is 23.2 Å². The van der Waals surface area contributed by atoms with Crippen LogP contribution >= 0.6 is 23.2 Å². The molecule has 0 bridgehead atoms. The molecular weight excluding hydrogens is 402 g/mol. The van der Waals surface area contributed by atoms with Crippen molar-refractivity contribution in [3.8, 4) is 11.3 Å². The molecule has 0 fully saturated rings. The normalized spacial score (nSPS) is 11.8. The fourth-order valence-electron chi connectivity index (χ4n) is 2.14. The van der Waals surface area contributed by atoms with Gasteiger partial charge in [-0.25, -0.2) is 9.22 Å². The standard InChI is InChI=1S/C16H11Cl2FN4O2S/c17-12-3-6-14(18)15(7-12)26(24,25)23-21-9-11-8-20-22-16(11)10-1-4-13(19)5-2-10/h1-9,23H,(H,20,22). The number of H-pyrrole nitrogens is 1. The van der Waals surface area contributed by atoms with E-state index in [4.69, 9.17) is 23.2 Å². The van der Waals surface area contributed by atoms with Gasteiger partial charge in [0.1, 0.15) is 10.7 Å². The van der Waals surface area contributed by atoms with E-state index in [1.165, 1.54) is 42.7 Å². The number of nitrogens with one attached hydrogen (secondary N) is 2. The van der Waals surface area contributed by atoms with Gasteiger partial charge >= 0.3 is 0 Å². The van der Waals surface area contributed by atoms with E-state index in [1.807, 2.05) is 0 Å². The van der Waals surface area contributed by atoms with Crippen LogP contribution in [0.15, 0.2) is 58.7 Å². The second-order valence-electron chi connectivity index (χ2n) is 5.13. The third kappa shape index (κ3) is 4.04. The summed E-state index contributed by atoms with van der Waals surface area (Å²) in [5, 5.41) is 10.6. The van der Waals surface area contributed by atoms with Crippen molar-refractivity contribution in [3.63, 3.8) is 0 Å². The fourth-order valence-corrected chi connectivity index (χ4v) is 3.69. The van der Waals surface area contributed by atoms with Crippen molar-refractivity contribution in [2.75, 3.05) is 0 Å². The first-order valence-corrected chi connectivity index (χ1v) is 9.40. The number of aromatic amines is 1. The third-order valence-corrected chi connectivity index (χ3v) is 5.30. The van der Waals surface area contributed by atoms with Crippen molar-refractivity contribution < 1.29 is 12.8 Å². The summed E-state index contributed by atoms with van der Waals surface area (Å²) in [7, 11) is -3.99. The van der Waals surface area contributed by atoms with Crippen LogP contribution in [0.2, 0.25) is 10.0 Å². The molecule has 0 spiro atoms. The summed E-state index contributed by atoms with van der Waals surface area (Å²) in [4.78, 5) is 1.88. The van der Waals surface area contributed by atoms with Crippen LogP contribution in [0.4, 0.5) is 4.39 Å². The van der Waals surface area contributed by atoms with Gasteiger partial charge < -0.3 is 0 Å². The number of aromatic nitrogens is 2. The molecule has 6 nitrogen and oxygen atoms in total. The molecule has 2 N–H and O–H groups in total. The summed E-state index contributed by atoms with van der Waals surface area (Å²) in [6, 6.07) is 9.83. The Kier molecular flexibility index (Phi) is 5.26. The minimum Gasteiger partial charge on any atom is -0.277 e. The Bertz CT molecular complexity index is 1070. The molecule has 1 aromatic heterocycles. The summed E-state index contributed by atoms with van der Waals surface area (Å²) < 4.78 is 37.6. The Balaban J connectivity index is 1.82. The first-order valence-electron chi connectivity index (χ1n) is 7.16. The molecule has 26 heavy (non-hydrogen) atoms. The van der Waals surface area contributed by atoms with Gasteiger partial charge in [0.15, 0.2) is 0 Å². The van der Waals surface area contributed by atoms with Crippen molar-refractivity contribution in [1.82, 2.24) is 15.0 Å². The zero-order valence-electron chi connectivity index (χ0n) is 12.9. The lowest BCUT2D eigenvalue weighted by atomic mass is 10.1. The van der Waals surface area contributed by atoms with Gasteiger partial charge in [0.05, 0.1) is 23.1 Å². The van der Waals surface area contributed by atoms with Crippen LogP contribution in [0.3, 0.4) is 0 Å². The number of rotatable bonds is 5. The number of sulfonamides is 1. The molecule has 0 aliphatic carbocycles. The average Bonchev–Trinajstić information content (AvgIpc) is 3.06. The summed E-state index contributed by atoms with van der Waals surface area (Å²) in [5.74, 6) is -0.366. The van der Waals surface area contributed by atoms with Crippen LogP contribution in [0.25, 0.3) is 11.3 Å². The lowest BCUT2D eigenvalue weighted by Crippen LogP contribution is -2.18. The van der Waals surface area contributed by atoms with Gasteiger partial charge in [0.25, 0.3) is 10.0 Å². The molecule has 0 unspecified atom stereocenters. The number of hydrazone groups is 1. The minimum atomic E-state index is -3.99. The van der Waals surface area contributed by atoms with Crippen LogP contribution in [-0.2, 0) is 10.0 Å². The summed E-state index contributed by atoms with van der Waals surface area (Å²) in [6.45, 7) is 0. The van der Waals surface area contributed by atoms with Gasteiger partial charge in [0, 0.05) is 16.1 Å². The maximum Gasteiger partial charge on any atom is 0.278 e. The van der Waals surface area contributed by atoms with E-state index in [9.17, 15) is 12.8 Å². The summed E-state index contributed by atoms with van der Waals surface area (Å²) >= 11 is 11.7. The molecule has 3 rings (SSSR count). The van der Waals surface area contributed by atoms with Crippen LogP contribution < -0.4 is 4.83 Å². The molecule has 0 atom stereocenters. The number of hydrogen-bond acceptors (Lipinski definition) is 4. The maximum atomic E-state index is 13.0. The lowest BCUT2D eigenvalue weighted by Gasteiger charge is -2.06. The first-order chi connectivity index (χ1) is 12.4. The first kappa shape index (κ1) is 18.4. The lowest BCUT2D eigenvalue weighted by molar-refractivity contribution is 0.584. The van der Waals surface area contributed by atoms with Crippen molar-refractivity contribution in [1.29, 1.82) is 0 Å². The monoisotopic (exact) mass is 412 g/mol. The Labute approximate surface area is 158 Å². The molecule has 134 valence electrons. The highest BCUT2D eigenvalue weighted by Gasteiger charge is 2.17. The average molecular weight is 413 g/mol. The molecule has 0 radical (unpaired) electrons. The molecule has 10 heteroatoms. The van der Waals surface area contributed by atoms with Gasteiger partial charge in [-0.2, -0.15) is 18.6 Å². The highest BCUT2D eigenvalue weighted by Crippen LogP contribution is 2.25. The molecular formula is C16H11Cl2FN4O2S. The Hall–Kier alpha value is -2.42. The second kappa shape index (κ2) is 7.45. The Morgan fingerprint density at radius 3 is 2.62 bits per heavy atom. The number of halogens is 3. The van der Waals surface area contributed by atoms with Crippen molar-refractivity contribution >= 4 is 39.4 Å². The predicted molar refractivity (Wildman–Crippen MR) is 98.4 cm³/mol. The van der Waals surface area contributed by atoms with Gasteiger partial charge in [0.2, 0.25) is 0 Å². The number of benzene rings is 2. The highest BCUT2D eigenvalue weighted by atomic mass is 35.5. The smallest absolute Gasteiger partial charge is 0.277 e. The maximum absolute atomic E-state index is 13.0. The van der Waals surface area contributed by atoms with Crippen LogP contribution in [0.5, 0.6) is 0 Å². The summed E-state index contributed by atoms with van der Waals surface area (Å²) in [6.07, 6.45) is 2.74. The topological polar surface area (TPSA) is 87.2 Å². The van der Waals surface area contributed by atoms with Gasteiger partial charge in [-0.15, -0.1) is 0 Å². The van der Waals surface area contributed by atoms with E-state index in [-0.39, 0.29) is 20.8 Å². The largest absolute Gasteiger partial charge is 0.278 e. The van der Waals surface area contributed by atoms with Gasteiger partial charge in [-0.3, -0.25) is 5.10 Å². The molecule has 0 aliphatic rings. The highest BCUT2D eigenvalue weighted by molar-refractivity contribution is 7.89. The third-order valence-electron chi connectivity index (χ3n) is 3.36. The van der Waals surface area contributed by atoms with E-state index < -0.39 is 10.0 Å². The molecule has 0 saturated carbocycles. The summed E-state index contributed by atoms with van der Waals surface area (Å²) in [5.41, 5.74) is 1.75. The van der Waals surface area contributed by atoms with E-state index >= 15 is 0 Å². The second-order valence-corrected chi connectivity index (χ2v) is 7.61. The van der Waals surface area contributed by atoms with Crippen LogP contribution in [-0.4, -0.2) is 24.8 Å². The fraction of sp³-hybridized carbons (Fsp3) is 0. The molecule has 0 amide bonds. The molecule has 2 aromatic carbocycles. The van der Waals surface area contributed by atoms with E-state index in [0.29, 0.717) is 16.8 Å². The molecule has 3 aromatic rings. The molecule has 1 heterocycles. The minimum absolute atomic E-state index is 0.0208. The van der Waals surface area contributed by atoms with E-state index in [1.54, 1.807) is 12.1 Å². The molecule has 0 saturated heterocycles. The zero-order chi connectivity index (χ0) is 18.7. The Morgan fingerprint density at radius 2 is 1.88 bits per heavy atom. The quantitative estimate of drug-likeness (QED) is 0.492. The van der Waals surface area contributed by atoms with Crippen molar-refractivity contribution in [3.05, 3.63) is 70.1 Å². The number of nitrogens with zero attached hydrogens (tertiary/aromatic N) is 2. The Morgan fingerprint density at radius 1 is 1.15 bits per heavy atom. The van der Waals surface area contributed by atoms with E-state index in [0.717, 1.165) is 0 Å². The van der Waals surface area contributed by atoms with Crippen LogP contribution in [0.1, 0.15) is 5.56 Å². The zero-order valence-corrected chi connectivity index (χ0v) is 15.3. The predicted octanol–water partition coefficient (Wildman–Crippen LogP) is 3.84. The van der Waals surface area contributed by atoms with E-state index in [2.05, 4.69) is 20.1 Å². The van der Waals surface area contributed by atoms with Gasteiger partial charge in [-0.05, 0) is 42.5 Å².